The van der Waals surface area contributed by atoms with E-state index in [-0.39, 0.29) is 12.0 Å². The van der Waals surface area contributed by atoms with Crippen LogP contribution in [0.5, 0.6) is 11.6 Å². The number of nitrogens with one attached hydrogen (secondary N) is 2. The van der Waals surface area contributed by atoms with Crippen molar-refractivity contribution in [3.8, 4) is 11.6 Å². The molecule has 3 fully saturated rings. The minimum atomic E-state index is -0.684. The van der Waals surface area contributed by atoms with Gasteiger partial charge in [0.1, 0.15) is 5.75 Å². The van der Waals surface area contributed by atoms with Crippen LogP contribution in [0.4, 0.5) is 4.79 Å². The number of carbonyl (C=O) groups excluding carboxylic acids is 1. The first-order chi connectivity index (χ1) is 17.9. The van der Waals surface area contributed by atoms with Gasteiger partial charge in [-0.2, -0.15) is 0 Å². The number of likely N-dealkylation sites (tertiary alicyclic amines) is 2. The van der Waals surface area contributed by atoms with E-state index < -0.39 is 18.3 Å². The van der Waals surface area contributed by atoms with Crippen molar-refractivity contribution in [2.75, 3.05) is 39.3 Å². The largest absolute Gasteiger partial charge is 0.493 e. The number of ether oxygens (including phenoxy) is 2. The van der Waals surface area contributed by atoms with Crippen LogP contribution in [-0.2, 0) is 0 Å². The second-order valence-electron chi connectivity index (χ2n) is 11.4. The summed E-state index contributed by atoms with van der Waals surface area (Å²) in [4.78, 5) is 20.5. The van der Waals surface area contributed by atoms with Crippen molar-refractivity contribution in [3.63, 3.8) is 0 Å². The second kappa shape index (κ2) is 11.6. The van der Waals surface area contributed by atoms with E-state index in [2.05, 4.69) is 27.0 Å². The van der Waals surface area contributed by atoms with Crippen LogP contribution < -0.4 is 14.8 Å². The molecule has 3 heterocycles. The maximum absolute atomic E-state index is 12.6. The molecular formula is C28H42N4O5. The van der Waals surface area contributed by atoms with Gasteiger partial charge in [-0.15, -0.1) is 0 Å². The maximum Gasteiger partial charge on any atom is 0.414 e. The van der Waals surface area contributed by atoms with Crippen LogP contribution >= 0.6 is 0 Å². The molecule has 204 valence electrons. The third-order valence-electron chi connectivity index (χ3n) is 8.48. The number of fused-ring (bicyclic) bond motifs is 1. The number of aromatic amines is 1. The topological polar surface area (TPSA) is 110 Å². The summed E-state index contributed by atoms with van der Waals surface area (Å²) >= 11 is 0. The zero-order valence-electron chi connectivity index (χ0n) is 22.1. The van der Waals surface area contributed by atoms with Crippen molar-refractivity contribution >= 4 is 17.0 Å². The van der Waals surface area contributed by atoms with Gasteiger partial charge in [0.2, 0.25) is 5.88 Å². The molecule has 4 atom stereocenters. The zero-order chi connectivity index (χ0) is 25.9. The Morgan fingerprint density at radius 2 is 1.97 bits per heavy atom. The minimum Gasteiger partial charge on any atom is -0.493 e. The monoisotopic (exact) mass is 514 g/mol. The molecule has 5 rings (SSSR count). The number of hydrogen-bond acceptors (Lipinski definition) is 7. The van der Waals surface area contributed by atoms with Crippen LogP contribution in [-0.4, -0.2) is 94.7 Å². The van der Waals surface area contributed by atoms with Gasteiger partial charge in [-0.1, -0.05) is 19.4 Å². The van der Waals surface area contributed by atoms with Gasteiger partial charge >= 0.3 is 6.09 Å². The number of carbonyl (C=O) groups is 1. The number of aliphatic hydroxyl groups excluding tert-OH is 2. The summed E-state index contributed by atoms with van der Waals surface area (Å²) in [7, 11) is 0. The SMILES string of the molecule is C[C@H]1CN([C@@H](C)CN2CCC(NC(=O)Oc3cc4c(OCC5CCC5)cccc4[nH]3)CC2)C[C@H](O)[C@@H]1O. The van der Waals surface area contributed by atoms with Crippen LogP contribution in [0.15, 0.2) is 24.3 Å². The number of aromatic nitrogens is 1. The van der Waals surface area contributed by atoms with Crippen molar-refractivity contribution in [3.05, 3.63) is 24.3 Å². The van der Waals surface area contributed by atoms with Crippen LogP contribution in [0.25, 0.3) is 10.9 Å². The highest BCUT2D eigenvalue weighted by Gasteiger charge is 2.34. The van der Waals surface area contributed by atoms with Crippen molar-refractivity contribution in [1.82, 2.24) is 20.1 Å². The smallest absolute Gasteiger partial charge is 0.414 e. The van der Waals surface area contributed by atoms with Crippen LogP contribution in [0, 0.1) is 11.8 Å². The van der Waals surface area contributed by atoms with E-state index in [1.165, 1.54) is 19.3 Å². The van der Waals surface area contributed by atoms with Gasteiger partial charge in [0.15, 0.2) is 0 Å². The number of benzene rings is 1. The van der Waals surface area contributed by atoms with E-state index in [4.69, 9.17) is 9.47 Å². The van der Waals surface area contributed by atoms with Gasteiger partial charge in [-0.3, -0.25) is 4.90 Å². The molecular weight excluding hydrogens is 472 g/mol. The number of aliphatic hydroxyl groups is 2. The Morgan fingerprint density at radius 3 is 2.68 bits per heavy atom. The molecule has 2 aliphatic heterocycles. The number of piperidine rings is 2. The highest BCUT2D eigenvalue weighted by atomic mass is 16.6. The fraction of sp³-hybridized carbons (Fsp3) is 0.679. The number of amides is 1. The summed E-state index contributed by atoms with van der Waals surface area (Å²) in [6, 6.07) is 8.09. The highest BCUT2D eigenvalue weighted by Crippen LogP contribution is 2.32. The van der Waals surface area contributed by atoms with Crippen LogP contribution in [0.1, 0.15) is 46.0 Å². The number of H-pyrrole nitrogens is 1. The lowest BCUT2D eigenvalue weighted by Crippen LogP contribution is -2.56. The third-order valence-corrected chi connectivity index (χ3v) is 8.48. The van der Waals surface area contributed by atoms with Crippen LogP contribution in [0.2, 0.25) is 0 Å². The summed E-state index contributed by atoms with van der Waals surface area (Å²) in [5.41, 5.74) is 0.890. The molecule has 2 aromatic rings. The minimum absolute atomic E-state index is 0.0656. The lowest BCUT2D eigenvalue weighted by Gasteiger charge is -2.43. The summed E-state index contributed by atoms with van der Waals surface area (Å²) < 4.78 is 11.6. The first-order valence-electron chi connectivity index (χ1n) is 13.9. The average Bonchev–Trinajstić information content (AvgIpc) is 3.25. The van der Waals surface area contributed by atoms with Gasteiger partial charge in [-0.05, 0) is 56.6 Å². The molecule has 0 bridgehead atoms. The molecule has 1 amide bonds. The Balaban J connectivity index is 1.06. The summed E-state index contributed by atoms with van der Waals surface area (Å²) in [6.07, 6.45) is 3.74. The Morgan fingerprint density at radius 1 is 1.19 bits per heavy atom. The molecule has 9 heteroatoms. The van der Waals surface area contributed by atoms with Gasteiger partial charge in [0, 0.05) is 56.3 Å². The van der Waals surface area contributed by atoms with Gasteiger partial charge in [-0.25, -0.2) is 4.79 Å². The lowest BCUT2D eigenvalue weighted by molar-refractivity contribution is -0.0799. The summed E-state index contributed by atoms with van der Waals surface area (Å²) in [6.45, 7) is 8.93. The van der Waals surface area contributed by atoms with Gasteiger partial charge in [0.25, 0.3) is 0 Å². The van der Waals surface area contributed by atoms with Crippen molar-refractivity contribution in [2.24, 2.45) is 11.8 Å². The maximum atomic E-state index is 12.6. The number of β-amino-alcohol motifs (C(OH)–C–C–N with tert-alkyl or cyclic N) is 1. The van der Waals surface area contributed by atoms with Crippen LogP contribution in [0.3, 0.4) is 0 Å². The molecule has 1 aromatic carbocycles. The van der Waals surface area contributed by atoms with E-state index in [0.717, 1.165) is 62.3 Å². The van der Waals surface area contributed by atoms with Crippen molar-refractivity contribution in [2.45, 2.75) is 70.2 Å². The Hall–Kier alpha value is -2.33. The lowest BCUT2D eigenvalue weighted by atomic mass is 9.86. The molecule has 0 spiro atoms. The zero-order valence-corrected chi connectivity index (χ0v) is 22.1. The number of rotatable bonds is 8. The van der Waals surface area contributed by atoms with Crippen molar-refractivity contribution in [1.29, 1.82) is 0 Å². The normalized spacial score (nSPS) is 27.1. The Labute approximate surface area is 219 Å². The summed E-state index contributed by atoms with van der Waals surface area (Å²) in [5, 5.41) is 24.1. The predicted octanol–water partition coefficient (Wildman–Crippen LogP) is 2.96. The fourth-order valence-corrected chi connectivity index (χ4v) is 5.83. The van der Waals surface area contributed by atoms with E-state index >= 15 is 0 Å². The summed E-state index contributed by atoms with van der Waals surface area (Å²) in [5.74, 6) is 1.96. The molecule has 4 N–H and O–H groups in total. The molecule has 0 unspecified atom stereocenters. The van der Waals surface area contributed by atoms with E-state index in [1.54, 1.807) is 0 Å². The molecule has 1 saturated carbocycles. The second-order valence-corrected chi connectivity index (χ2v) is 11.4. The standard InChI is InChI=1S/C28H42N4O5/c1-18-14-32(16-24(33)27(18)34)19(2)15-31-11-9-21(10-12-31)29-28(35)37-26-13-22-23(30-26)7-4-8-25(22)36-17-20-5-3-6-20/h4,7-8,13,18-21,24,27,30,33-34H,3,5-6,9-12,14-17H2,1-2H3,(H,29,35)/t18-,19-,24-,27+/m0/s1. The first-order valence-corrected chi connectivity index (χ1v) is 13.9. The first kappa shape index (κ1) is 26.3. The van der Waals surface area contributed by atoms with E-state index in [0.29, 0.717) is 24.4 Å². The molecule has 1 aromatic heterocycles. The molecule has 9 nitrogen and oxygen atoms in total. The van der Waals surface area contributed by atoms with E-state index in [9.17, 15) is 15.0 Å². The fourth-order valence-electron chi connectivity index (χ4n) is 5.83. The van der Waals surface area contributed by atoms with Crippen molar-refractivity contribution < 1.29 is 24.5 Å². The van der Waals surface area contributed by atoms with Gasteiger partial charge < -0.3 is 34.9 Å². The Bertz CT molecular complexity index is 1040. The quantitative estimate of drug-likeness (QED) is 0.429. The number of hydrogen-bond donors (Lipinski definition) is 4. The molecule has 2 saturated heterocycles. The number of nitrogens with zero attached hydrogens (tertiary/aromatic N) is 2. The molecule has 37 heavy (non-hydrogen) atoms. The predicted molar refractivity (Wildman–Crippen MR) is 142 cm³/mol. The van der Waals surface area contributed by atoms with Gasteiger partial charge in [0.05, 0.1) is 24.3 Å². The third kappa shape index (κ3) is 6.39. The molecule has 1 aliphatic carbocycles. The highest BCUT2D eigenvalue weighted by molar-refractivity contribution is 5.88. The Kier molecular flexibility index (Phi) is 8.24. The van der Waals surface area contributed by atoms with E-state index in [1.807, 2.05) is 31.2 Å². The molecule has 3 aliphatic rings. The molecule has 0 radical (unpaired) electrons. The average molecular weight is 515 g/mol.